The molecule has 0 saturated heterocycles. The van der Waals surface area contributed by atoms with Gasteiger partial charge in [-0.1, -0.05) is 5.92 Å². The Bertz CT molecular complexity index is 159. The molecule has 4 heteroatoms. The fourth-order valence-electron chi connectivity index (χ4n) is 0.912. The molecular formula is C9H15Cl2NO. The lowest BCUT2D eigenvalue weighted by Gasteiger charge is -2.17. The monoisotopic (exact) mass is 223 g/mol. The van der Waals surface area contributed by atoms with Gasteiger partial charge in [0, 0.05) is 37.8 Å². The van der Waals surface area contributed by atoms with Crippen molar-refractivity contribution in [2.75, 3.05) is 38.5 Å². The zero-order valence-electron chi connectivity index (χ0n) is 7.85. The van der Waals surface area contributed by atoms with Crippen LogP contribution in [0.5, 0.6) is 0 Å². The van der Waals surface area contributed by atoms with Crippen LogP contribution < -0.4 is 0 Å². The van der Waals surface area contributed by atoms with Crippen molar-refractivity contribution >= 4 is 23.2 Å². The molecular weight excluding hydrogens is 209 g/mol. The van der Waals surface area contributed by atoms with Crippen LogP contribution in [0.15, 0.2) is 0 Å². The SMILES string of the molecule is COC#CCCN(CCCl)CCCl. The third-order valence-electron chi connectivity index (χ3n) is 1.53. The Balaban J connectivity index is 3.55. The van der Waals surface area contributed by atoms with Crippen LogP contribution in [0.2, 0.25) is 0 Å². The molecule has 0 unspecified atom stereocenters. The highest BCUT2D eigenvalue weighted by molar-refractivity contribution is 6.18. The predicted octanol–water partition coefficient (Wildman–Crippen LogP) is 1.76. The van der Waals surface area contributed by atoms with Crippen LogP contribution in [0.25, 0.3) is 0 Å². The van der Waals surface area contributed by atoms with E-state index in [1.165, 1.54) is 0 Å². The molecule has 0 saturated carbocycles. The van der Waals surface area contributed by atoms with E-state index in [1.54, 1.807) is 7.11 Å². The third-order valence-corrected chi connectivity index (χ3v) is 1.87. The molecule has 0 rings (SSSR count). The number of hydrogen-bond donors (Lipinski definition) is 0. The van der Waals surface area contributed by atoms with E-state index in [-0.39, 0.29) is 0 Å². The van der Waals surface area contributed by atoms with Crippen LogP contribution in [-0.4, -0.2) is 43.4 Å². The first-order valence-electron chi connectivity index (χ1n) is 4.20. The molecule has 0 fully saturated rings. The Morgan fingerprint density at radius 2 is 1.77 bits per heavy atom. The molecule has 0 heterocycles. The summed E-state index contributed by atoms with van der Waals surface area (Å²) < 4.78 is 4.61. The van der Waals surface area contributed by atoms with Gasteiger partial charge in [0.05, 0.1) is 7.11 Å². The topological polar surface area (TPSA) is 12.5 Å². The van der Waals surface area contributed by atoms with Crippen LogP contribution >= 0.6 is 23.2 Å². The summed E-state index contributed by atoms with van der Waals surface area (Å²) in [6.07, 6.45) is 3.34. The minimum atomic E-state index is 0.634. The van der Waals surface area contributed by atoms with Crippen molar-refractivity contribution in [1.82, 2.24) is 4.90 Å². The number of hydrogen-bond acceptors (Lipinski definition) is 2. The van der Waals surface area contributed by atoms with Gasteiger partial charge in [-0.3, -0.25) is 0 Å². The van der Waals surface area contributed by atoms with Gasteiger partial charge in [-0.25, -0.2) is 0 Å². The van der Waals surface area contributed by atoms with E-state index >= 15 is 0 Å². The predicted molar refractivity (Wildman–Crippen MR) is 57.3 cm³/mol. The summed E-state index contributed by atoms with van der Waals surface area (Å²) in [6, 6.07) is 0. The fraction of sp³-hybridized carbons (Fsp3) is 0.778. The lowest BCUT2D eigenvalue weighted by molar-refractivity contribution is 0.314. The minimum absolute atomic E-state index is 0.634. The third kappa shape index (κ3) is 8.24. The maximum atomic E-state index is 5.63. The van der Waals surface area contributed by atoms with Crippen molar-refractivity contribution < 1.29 is 4.74 Å². The summed E-state index contributed by atoms with van der Waals surface area (Å²) in [7, 11) is 1.56. The second-order valence-corrected chi connectivity index (χ2v) is 3.21. The van der Waals surface area contributed by atoms with E-state index < -0.39 is 0 Å². The van der Waals surface area contributed by atoms with Crippen molar-refractivity contribution in [3.05, 3.63) is 0 Å². The van der Waals surface area contributed by atoms with Gasteiger partial charge in [0.15, 0.2) is 0 Å². The Morgan fingerprint density at radius 1 is 1.15 bits per heavy atom. The van der Waals surface area contributed by atoms with Crippen LogP contribution in [0.3, 0.4) is 0 Å². The molecule has 0 aliphatic heterocycles. The molecule has 0 radical (unpaired) electrons. The normalized spacial score (nSPS) is 9.54. The number of nitrogens with zero attached hydrogens (tertiary/aromatic N) is 1. The fourth-order valence-corrected chi connectivity index (χ4v) is 1.39. The molecule has 0 amide bonds. The number of alkyl halides is 2. The summed E-state index contributed by atoms with van der Waals surface area (Å²) >= 11 is 11.3. The second kappa shape index (κ2) is 9.98. The highest BCUT2D eigenvalue weighted by Gasteiger charge is 2.00. The maximum Gasteiger partial charge on any atom is 0.109 e. The largest absolute Gasteiger partial charge is 0.450 e. The van der Waals surface area contributed by atoms with Gasteiger partial charge in [-0.05, 0) is 0 Å². The molecule has 0 N–H and O–H groups in total. The molecule has 76 valence electrons. The summed E-state index contributed by atoms with van der Waals surface area (Å²) in [4.78, 5) is 2.18. The summed E-state index contributed by atoms with van der Waals surface area (Å²) in [5.74, 6) is 4.15. The first kappa shape index (κ1) is 12.9. The molecule has 0 atom stereocenters. The second-order valence-electron chi connectivity index (χ2n) is 2.45. The summed E-state index contributed by atoms with van der Waals surface area (Å²) in [5, 5.41) is 0. The van der Waals surface area contributed by atoms with Gasteiger partial charge in [-0.2, -0.15) is 0 Å². The molecule has 0 spiro atoms. The zero-order valence-corrected chi connectivity index (χ0v) is 9.37. The molecule has 0 aromatic heterocycles. The quantitative estimate of drug-likeness (QED) is 0.503. The van der Waals surface area contributed by atoms with E-state index in [0.29, 0.717) is 11.8 Å². The van der Waals surface area contributed by atoms with Crippen LogP contribution in [-0.2, 0) is 4.74 Å². The number of halogens is 2. The lowest BCUT2D eigenvalue weighted by Crippen LogP contribution is -2.28. The number of methoxy groups -OCH3 is 1. The van der Waals surface area contributed by atoms with E-state index in [0.717, 1.165) is 26.1 Å². The zero-order chi connectivity index (χ0) is 9.94. The average Bonchev–Trinajstić information content (AvgIpc) is 2.13. The van der Waals surface area contributed by atoms with Crippen LogP contribution in [0.4, 0.5) is 0 Å². The summed E-state index contributed by atoms with van der Waals surface area (Å²) in [6.45, 7) is 2.63. The van der Waals surface area contributed by atoms with Gasteiger partial charge >= 0.3 is 0 Å². The van der Waals surface area contributed by atoms with Crippen molar-refractivity contribution in [3.63, 3.8) is 0 Å². The highest BCUT2D eigenvalue weighted by atomic mass is 35.5. The average molecular weight is 224 g/mol. The minimum Gasteiger partial charge on any atom is -0.450 e. The van der Waals surface area contributed by atoms with Gasteiger partial charge < -0.3 is 9.64 Å². The standard InChI is InChI=1S/C9H15Cl2NO/c1-13-9-3-2-6-12(7-4-10)8-5-11/h2,4-8H2,1H3. The van der Waals surface area contributed by atoms with E-state index in [2.05, 4.69) is 21.7 Å². The lowest BCUT2D eigenvalue weighted by atomic mass is 10.4. The smallest absolute Gasteiger partial charge is 0.109 e. The number of ether oxygens (including phenoxy) is 1. The molecule has 0 aliphatic rings. The summed E-state index contributed by atoms with van der Waals surface area (Å²) in [5.41, 5.74) is 0. The Morgan fingerprint density at radius 3 is 2.23 bits per heavy atom. The van der Waals surface area contributed by atoms with Crippen molar-refractivity contribution in [2.24, 2.45) is 0 Å². The Kier molecular flexibility index (Phi) is 9.91. The van der Waals surface area contributed by atoms with Crippen molar-refractivity contribution in [1.29, 1.82) is 0 Å². The van der Waals surface area contributed by atoms with Gasteiger partial charge in [0.2, 0.25) is 0 Å². The number of rotatable bonds is 6. The molecule has 0 aliphatic carbocycles. The Labute approximate surface area is 90.1 Å². The van der Waals surface area contributed by atoms with Gasteiger partial charge in [-0.15, -0.1) is 23.2 Å². The van der Waals surface area contributed by atoms with Crippen LogP contribution in [0, 0.1) is 12.0 Å². The van der Waals surface area contributed by atoms with Gasteiger partial charge in [0.25, 0.3) is 0 Å². The van der Waals surface area contributed by atoms with E-state index in [4.69, 9.17) is 23.2 Å². The van der Waals surface area contributed by atoms with E-state index in [1.807, 2.05) is 0 Å². The Hall–Kier alpha value is -0.100. The first-order valence-corrected chi connectivity index (χ1v) is 5.27. The molecule has 13 heavy (non-hydrogen) atoms. The maximum absolute atomic E-state index is 5.63. The first-order chi connectivity index (χ1) is 6.35. The molecule has 2 nitrogen and oxygen atoms in total. The molecule has 0 aromatic rings. The molecule has 0 aromatic carbocycles. The van der Waals surface area contributed by atoms with Crippen LogP contribution in [0.1, 0.15) is 6.42 Å². The molecule has 0 bridgehead atoms. The van der Waals surface area contributed by atoms with Crippen molar-refractivity contribution in [2.45, 2.75) is 6.42 Å². The van der Waals surface area contributed by atoms with Gasteiger partial charge in [0.1, 0.15) is 6.11 Å². The highest BCUT2D eigenvalue weighted by Crippen LogP contribution is 1.93. The van der Waals surface area contributed by atoms with Crippen molar-refractivity contribution in [3.8, 4) is 12.0 Å². The van der Waals surface area contributed by atoms with E-state index in [9.17, 15) is 0 Å².